The fraction of sp³-hybridized carbons (Fsp3) is 0.0189. The zero-order valence-electron chi connectivity index (χ0n) is 30.1. The first-order valence-electron chi connectivity index (χ1n) is 18.9. The molecule has 0 radical (unpaired) electrons. The van der Waals surface area contributed by atoms with Crippen LogP contribution >= 0.6 is 0 Å². The maximum atomic E-state index is 6.82. The molecule has 1 aliphatic heterocycles. The number of fused-ring (bicyclic) bond motifs is 10. The SMILES string of the molecule is c1ccc(-c2ccc(N(c3ccc4c(c3)C3(c5ccccc5Oc5cc6ccccc6cc53)c3ccccc3-4)c3ccccc3-c3ccccc3)cc2)cc1. The third-order valence-corrected chi connectivity index (χ3v) is 11.5. The molecule has 1 unspecified atom stereocenters. The lowest BCUT2D eigenvalue weighted by Crippen LogP contribution is -2.32. The van der Waals surface area contributed by atoms with Crippen molar-refractivity contribution in [3.05, 3.63) is 235 Å². The Hall–Kier alpha value is -7.16. The summed E-state index contributed by atoms with van der Waals surface area (Å²) in [6.45, 7) is 0. The van der Waals surface area contributed by atoms with E-state index in [0.717, 1.165) is 39.7 Å². The molecular weight excluding hydrogens is 667 g/mol. The number of hydrogen-bond donors (Lipinski definition) is 0. The van der Waals surface area contributed by atoms with Gasteiger partial charge in [-0.3, -0.25) is 0 Å². The Kier molecular flexibility index (Phi) is 7.11. The summed E-state index contributed by atoms with van der Waals surface area (Å²) in [6, 6.07) is 76.9. The second-order valence-corrected chi connectivity index (χ2v) is 14.5. The lowest BCUT2D eigenvalue weighted by Gasteiger charge is -2.40. The van der Waals surface area contributed by atoms with E-state index in [0.29, 0.717) is 0 Å². The standard InChI is InChI=1S/C53H35NO/c1-3-15-36(16-4-1)37-27-29-41(30-28-37)54(50-25-13-10-21-43(50)38-17-5-2-6-18-38)42-31-32-45-44-22-9-11-23-46(44)53(48(45)35-42)47-24-12-14-26-51(47)55-52-34-40-20-8-7-19-39(40)33-49(52)53/h1-35H. The molecule has 0 bridgehead atoms. The Morgan fingerprint density at radius 2 is 0.891 bits per heavy atom. The van der Waals surface area contributed by atoms with E-state index in [1.54, 1.807) is 0 Å². The van der Waals surface area contributed by atoms with Crippen molar-refractivity contribution in [1.82, 2.24) is 0 Å². The highest BCUT2D eigenvalue weighted by molar-refractivity contribution is 5.95. The minimum absolute atomic E-state index is 0.599. The summed E-state index contributed by atoms with van der Waals surface area (Å²) in [5.41, 5.74) is 14.8. The van der Waals surface area contributed by atoms with Crippen LogP contribution in [0.1, 0.15) is 22.3 Å². The highest BCUT2D eigenvalue weighted by atomic mass is 16.5. The van der Waals surface area contributed by atoms with Crippen molar-refractivity contribution in [2.45, 2.75) is 5.41 Å². The van der Waals surface area contributed by atoms with Gasteiger partial charge in [0.15, 0.2) is 0 Å². The molecule has 2 aliphatic rings. The van der Waals surface area contributed by atoms with Gasteiger partial charge < -0.3 is 9.64 Å². The molecule has 9 aromatic rings. The van der Waals surface area contributed by atoms with Crippen LogP contribution in [0, 0.1) is 0 Å². The van der Waals surface area contributed by atoms with Gasteiger partial charge in [0.2, 0.25) is 0 Å². The van der Waals surface area contributed by atoms with Crippen molar-refractivity contribution < 1.29 is 4.74 Å². The number of benzene rings is 9. The van der Waals surface area contributed by atoms with Gasteiger partial charge in [-0.2, -0.15) is 0 Å². The summed E-state index contributed by atoms with van der Waals surface area (Å²) < 4.78 is 6.82. The molecule has 2 heteroatoms. The van der Waals surface area contributed by atoms with E-state index in [1.807, 2.05) is 0 Å². The predicted molar refractivity (Wildman–Crippen MR) is 227 cm³/mol. The lowest BCUT2D eigenvalue weighted by atomic mass is 9.65. The first-order valence-corrected chi connectivity index (χ1v) is 18.9. The molecule has 0 fully saturated rings. The van der Waals surface area contributed by atoms with Crippen molar-refractivity contribution in [3.8, 4) is 44.9 Å². The zero-order chi connectivity index (χ0) is 36.3. The molecule has 11 rings (SSSR count). The third-order valence-electron chi connectivity index (χ3n) is 11.5. The second-order valence-electron chi connectivity index (χ2n) is 14.5. The fourth-order valence-corrected chi connectivity index (χ4v) is 9.10. The molecular formula is C53H35NO. The molecule has 0 saturated heterocycles. The predicted octanol–water partition coefficient (Wildman–Crippen LogP) is 14.1. The first kappa shape index (κ1) is 31.4. The van der Waals surface area contributed by atoms with E-state index >= 15 is 0 Å². The van der Waals surface area contributed by atoms with Gasteiger partial charge in [-0.15, -0.1) is 0 Å². The topological polar surface area (TPSA) is 12.5 Å². The van der Waals surface area contributed by atoms with Crippen LogP contribution in [0.4, 0.5) is 17.1 Å². The number of hydrogen-bond acceptors (Lipinski definition) is 2. The molecule has 55 heavy (non-hydrogen) atoms. The van der Waals surface area contributed by atoms with E-state index in [1.165, 1.54) is 55.3 Å². The van der Waals surface area contributed by atoms with E-state index < -0.39 is 5.41 Å². The largest absolute Gasteiger partial charge is 0.457 e. The number of para-hydroxylation sites is 2. The number of rotatable bonds is 5. The van der Waals surface area contributed by atoms with Crippen LogP contribution in [0.3, 0.4) is 0 Å². The number of nitrogens with zero attached hydrogens (tertiary/aromatic N) is 1. The van der Waals surface area contributed by atoms with Gasteiger partial charge in [0.25, 0.3) is 0 Å². The maximum absolute atomic E-state index is 6.82. The van der Waals surface area contributed by atoms with Gasteiger partial charge in [0, 0.05) is 28.1 Å². The van der Waals surface area contributed by atoms with Gasteiger partial charge in [0.05, 0.1) is 11.1 Å². The van der Waals surface area contributed by atoms with E-state index in [4.69, 9.17) is 4.74 Å². The maximum Gasteiger partial charge on any atom is 0.132 e. The Bertz CT molecular complexity index is 2900. The highest BCUT2D eigenvalue weighted by Crippen LogP contribution is 2.63. The van der Waals surface area contributed by atoms with Crippen molar-refractivity contribution in [1.29, 1.82) is 0 Å². The van der Waals surface area contributed by atoms with Gasteiger partial charge in [0.1, 0.15) is 11.5 Å². The average molecular weight is 702 g/mol. The summed E-state index contributed by atoms with van der Waals surface area (Å²) in [5, 5.41) is 2.36. The van der Waals surface area contributed by atoms with Crippen LogP contribution in [0.5, 0.6) is 11.5 Å². The van der Waals surface area contributed by atoms with Gasteiger partial charge in [-0.25, -0.2) is 0 Å². The number of ether oxygens (including phenoxy) is 1. The zero-order valence-corrected chi connectivity index (χ0v) is 30.1. The molecule has 1 spiro atoms. The lowest BCUT2D eigenvalue weighted by molar-refractivity contribution is 0.437. The van der Waals surface area contributed by atoms with Gasteiger partial charge in [-0.05, 0) is 98.2 Å². The normalized spacial score (nSPS) is 14.8. The van der Waals surface area contributed by atoms with Crippen molar-refractivity contribution in [2.24, 2.45) is 0 Å². The van der Waals surface area contributed by atoms with Crippen LogP contribution in [-0.2, 0) is 5.41 Å². The van der Waals surface area contributed by atoms with E-state index in [-0.39, 0.29) is 0 Å². The van der Waals surface area contributed by atoms with Gasteiger partial charge in [-0.1, -0.05) is 164 Å². The summed E-state index contributed by atoms with van der Waals surface area (Å²) in [5.74, 6) is 1.79. The Balaban J connectivity index is 1.19. The Labute approximate surface area is 321 Å². The quantitative estimate of drug-likeness (QED) is 0.177. The van der Waals surface area contributed by atoms with Crippen molar-refractivity contribution in [2.75, 3.05) is 4.90 Å². The van der Waals surface area contributed by atoms with Crippen LogP contribution in [0.2, 0.25) is 0 Å². The molecule has 1 atom stereocenters. The molecule has 1 heterocycles. The molecule has 2 nitrogen and oxygen atoms in total. The molecule has 0 N–H and O–H groups in total. The molecule has 258 valence electrons. The minimum Gasteiger partial charge on any atom is -0.457 e. The van der Waals surface area contributed by atoms with Crippen LogP contribution in [-0.4, -0.2) is 0 Å². The van der Waals surface area contributed by atoms with Crippen molar-refractivity contribution >= 4 is 27.8 Å². The smallest absolute Gasteiger partial charge is 0.132 e. The molecule has 1 aliphatic carbocycles. The summed E-state index contributed by atoms with van der Waals surface area (Å²) >= 11 is 0. The van der Waals surface area contributed by atoms with Crippen LogP contribution in [0.25, 0.3) is 44.2 Å². The van der Waals surface area contributed by atoms with Crippen LogP contribution in [0.15, 0.2) is 212 Å². The fourth-order valence-electron chi connectivity index (χ4n) is 9.10. The highest BCUT2D eigenvalue weighted by Gasteiger charge is 2.51. The van der Waals surface area contributed by atoms with Crippen LogP contribution < -0.4 is 9.64 Å². The first-order chi connectivity index (χ1) is 27.3. The Morgan fingerprint density at radius 1 is 0.327 bits per heavy atom. The Morgan fingerprint density at radius 3 is 1.67 bits per heavy atom. The molecule has 0 saturated carbocycles. The monoisotopic (exact) mass is 701 g/mol. The average Bonchev–Trinajstić information content (AvgIpc) is 3.54. The third kappa shape index (κ3) is 4.82. The van der Waals surface area contributed by atoms with Crippen molar-refractivity contribution in [3.63, 3.8) is 0 Å². The van der Waals surface area contributed by atoms with E-state index in [9.17, 15) is 0 Å². The molecule has 9 aromatic carbocycles. The summed E-state index contributed by atoms with van der Waals surface area (Å²) in [7, 11) is 0. The second kappa shape index (κ2) is 12.5. The minimum atomic E-state index is -0.599. The molecule has 0 amide bonds. The van der Waals surface area contributed by atoms with E-state index in [2.05, 4.69) is 217 Å². The molecule has 0 aromatic heterocycles. The van der Waals surface area contributed by atoms with Gasteiger partial charge >= 0.3 is 0 Å². The summed E-state index contributed by atoms with van der Waals surface area (Å²) in [6.07, 6.45) is 0. The summed E-state index contributed by atoms with van der Waals surface area (Å²) in [4.78, 5) is 2.43. The number of anilines is 3.